The summed E-state index contributed by atoms with van der Waals surface area (Å²) in [5.74, 6) is -0.964. The molecule has 1 unspecified atom stereocenters. The number of anilines is 1. The molecule has 1 aliphatic heterocycles. The Morgan fingerprint density at radius 2 is 2.17 bits per heavy atom. The standard InChI is InChI=1S/C15H15ClFN3O3S/c1-9-6-14(20(19-9)11-4-5-24(22,23)8-11)18-15(21)12-3-2-10(16)7-13(12)17/h2-3,6-7,11H,4-5,8H2,1H3,(H,18,21). The van der Waals surface area contributed by atoms with Crippen molar-refractivity contribution in [2.45, 2.75) is 19.4 Å². The van der Waals surface area contributed by atoms with Gasteiger partial charge in [0.2, 0.25) is 0 Å². The predicted octanol–water partition coefficient (Wildman–Crippen LogP) is 2.60. The quantitative estimate of drug-likeness (QED) is 0.899. The summed E-state index contributed by atoms with van der Waals surface area (Å²) in [7, 11) is -3.09. The molecular formula is C15H15ClFN3O3S. The Balaban J connectivity index is 1.87. The zero-order chi connectivity index (χ0) is 17.5. The number of hydrogen-bond acceptors (Lipinski definition) is 4. The number of sulfone groups is 1. The molecule has 0 radical (unpaired) electrons. The van der Waals surface area contributed by atoms with E-state index in [1.165, 1.54) is 16.8 Å². The number of aryl methyl sites for hydroxylation is 1. The van der Waals surface area contributed by atoms with E-state index in [-0.39, 0.29) is 28.1 Å². The second-order valence-corrected chi connectivity index (χ2v) is 8.42. The van der Waals surface area contributed by atoms with E-state index < -0.39 is 21.6 Å². The Labute approximate surface area is 143 Å². The normalized spacial score (nSPS) is 19.4. The molecule has 1 aromatic carbocycles. The van der Waals surface area contributed by atoms with Crippen molar-refractivity contribution in [1.29, 1.82) is 0 Å². The molecule has 0 spiro atoms. The van der Waals surface area contributed by atoms with Crippen molar-refractivity contribution in [3.05, 3.63) is 46.4 Å². The molecule has 128 valence electrons. The van der Waals surface area contributed by atoms with E-state index in [0.29, 0.717) is 17.9 Å². The highest BCUT2D eigenvalue weighted by atomic mass is 35.5. The minimum atomic E-state index is -3.09. The number of rotatable bonds is 3. The summed E-state index contributed by atoms with van der Waals surface area (Å²) in [5.41, 5.74) is 0.482. The fraction of sp³-hybridized carbons (Fsp3) is 0.333. The van der Waals surface area contributed by atoms with E-state index in [4.69, 9.17) is 11.6 Å². The fourth-order valence-electron chi connectivity index (χ4n) is 2.71. The smallest absolute Gasteiger partial charge is 0.259 e. The highest BCUT2D eigenvalue weighted by molar-refractivity contribution is 7.91. The molecule has 0 bridgehead atoms. The summed E-state index contributed by atoms with van der Waals surface area (Å²) in [5, 5.41) is 7.06. The second-order valence-electron chi connectivity index (χ2n) is 5.75. The molecule has 1 aliphatic rings. The lowest BCUT2D eigenvalue weighted by Gasteiger charge is -2.14. The number of halogens is 2. The van der Waals surface area contributed by atoms with E-state index in [1.54, 1.807) is 13.0 Å². The molecule has 2 aromatic rings. The van der Waals surface area contributed by atoms with Gasteiger partial charge in [0.1, 0.15) is 11.6 Å². The average Bonchev–Trinajstić information content (AvgIpc) is 3.01. The molecule has 1 atom stereocenters. The number of carbonyl (C=O) groups excluding carboxylic acids is 1. The van der Waals surface area contributed by atoms with Crippen LogP contribution in [0, 0.1) is 12.7 Å². The van der Waals surface area contributed by atoms with Crippen molar-refractivity contribution in [2.24, 2.45) is 0 Å². The Hall–Kier alpha value is -1.93. The maximum absolute atomic E-state index is 13.9. The van der Waals surface area contributed by atoms with Gasteiger partial charge < -0.3 is 5.32 Å². The molecule has 0 saturated carbocycles. The molecule has 1 saturated heterocycles. The Morgan fingerprint density at radius 3 is 2.79 bits per heavy atom. The average molecular weight is 372 g/mol. The van der Waals surface area contributed by atoms with Gasteiger partial charge in [-0.1, -0.05) is 11.6 Å². The second kappa shape index (κ2) is 6.18. The molecule has 9 heteroatoms. The first-order valence-electron chi connectivity index (χ1n) is 7.28. The number of carbonyl (C=O) groups is 1. The van der Waals surface area contributed by atoms with E-state index in [9.17, 15) is 17.6 Å². The first-order chi connectivity index (χ1) is 11.2. The molecule has 24 heavy (non-hydrogen) atoms. The van der Waals surface area contributed by atoms with Crippen LogP contribution < -0.4 is 5.32 Å². The van der Waals surface area contributed by atoms with Gasteiger partial charge in [-0.15, -0.1) is 0 Å². The summed E-state index contributed by atoms with van der Waals surface area (Å²) in [4.78, 5) is 12.3. The van der Waals surface area contributed by atoms with Gasteiger partial charge in [0.15, 0.2) is 9.84 Å². The first-order valence-corrected chi connectivity index (χ1v) is 9.48. The molecule has 1 fully saturated rings. The number of hydrogen-bond donors (Lipinski definition) is 1. The monoisotopic (exact) mass is 371 g/mol. The van der Waals surface area contributed by atoms with Crippen LogP contribution in [0.4, 0.5) is 10.2 Å². The van der Waals surface area contributed by atoms with E-state index in [0.717, 1.165) is 6.07 Å². The molecular weight excluding hydrogens is 357 g/mol. The number of nitrogens with zero attached hydrogens (tertiary/aromatic N) is 2. The zero-order valence-electron chi connectivity index (χ0n) is 12.8. The van der Waals surface area contributed by atoms with Crippen LogP contribution in [0.5, 0.6) is 0 Å². The predicted molar refractivity (Wildman–Crippen MR) is 88.6 cm³/mol. The van der Waals surface area contributed by atoms with E-state index in [1.807, 2.05) is 0 Å². The number of aromatic nitrogens is 2. The van der Waals surface area contributed by atoms with Gasteiger partial charge in [0.05, 0.1) is 28.8 Å². The fourth-order valence-corrected chi connectivity index (χ4v) is 4.56. The highest BCUT2D eigenvalue weighted by Crippen LogP contribution is 2.27. The lowest BCUT2D eigenvalue weighted by Crippen LogP contribution is -2.20. The Bertz CT molecular complexity index is 911. The third-order valence-electron chi connectivity index (χ3n) is 3.83. The van der Waals surface area contributed by atoms with Gasteiger partial charge in [-0.05, 0) is 31.5 Å². The Kier molecular flexibility index (Phi) is 4.35. The van der Waals surface area contributed by atoms with Gasteiger partial charge in [0.25, 0.3) is 5.91 Å². The van der Waals surface area contributed by atoms with Crippen LogP contribution in [-0.2, 0) is 9.84 Å². The molecule has 1 N–H and O–H groups in total. The molecule has 1 amide bonds. The topological polar surface area (TPSA) is 81.1 Å². The molecule has 2 heterocycles. The van der Waals surface area contributed by atoms with Crippen LogP contribution in [0.2, 0.25) is 5.02 Å². The van der Waals surface area contributed by atoms with Gasteiger partial charge in [-0.3, -0.25) is 4.79 Å². The van der Waals surface area contributed by atoms with Crippen molar-refractivity contribution >= 4 is 33.2 Å². The lowest BCUT2D eigenvalue weighted by atomic mass is 10.2. The van der Waals surface area contributed by atoms with Crippen LogP contribution in [-0.4, -0.2) is 35.6 Å². The molecule has 3 rings (SSSR count). The van der Waals surface area contributed by atoms with Crippen molar-refractivity contribution in [1.82, 2.24) is 9.78 Å². The van der Waals surface area contributed by atoms with E-state index in [2.05, 4.69) is 10.4 Å². The summed E-state index contributed by atoms with van der Waals surface area (Å²) >= 11 is 5.68. The van der Waals surface area contributed by atoms with Crippen LogP contribution in [0.1, 0.15) is 28.5 Å². The number of nitrogens with one attached hydrogen (secondary N) is 1. The minimum absolute atomic E-state index is 0.0215. The van der Waals surface area contributed by atoms with Crippen molar-refractivity contribution in [3.8, 4) is 0 Å². The lowest BCUT2D eigenvalue weighted by molar-refractivity contribution is 0.102. The van der Waals surface area contributed by atoms with E-state index >= 15 is 0 Å². The molecule has 1 aromatic heterocycles. The summed E-state index contributed by atoms with van der Waals surface area (Å²) in [6.07, 6.45) is 0.432. The number of amides is 1. The van der Waals surface area contributed by atoms with Crippen molar-refractivity contribution in [2.75, 3.05) is 16.8 Å². The highest BCUT2D eigenvalue weighted by Gasteiger charge is 2.31. The minimum Gasteiger partial charge on any atom is -0.307 e. The molecule has 6 nitrogen and oxygen atoms in total. The SMILES string of the molecule is Cc1cc(NC(=O)c2ccc(Cl)cc2F)n(C2CCS(=O)(=O)C2)n1. The van der Waals surface area contributed by atoms with Crippen molar-refractivity contribution < 1.29 is 17.6 Å². The zero-order valence-corrected chi connectivity index (χ0v) is 14.4. The largest absolute Gasteiger partial charge is 0.307 e. The first kappa shape index (κ1) is 16.9. The maximum Gasteiger partial charge on any atom is 0.259 e. The maximum atomic E-state index is 13.9. The van der Waals surface area contributed by atoms with Crippen LogP contribution in [0.15, 0.2) is 24.3 Å². The van der Waals surface area contributed by atoms with Gasteiger partial charge >= 0.3 is 0 Å². The van der Waals surface area contributed by atoms with Crippen LogP contribution in [0.3, 0.4) is 0 Å². The summed E-state index contributed by atoms with van der Waals surface area (Å²) < 4.78 is 38.7. The van der Waals surface area contributed by atoms with Crippen LogP contribution >= 0.6 is 11.6 Å². The third-order valence-corrected chi connectivity index (χ3v) is 5.81. The van der Waals surface area contributed by atoms with Gasteiger partial charge in [-0.25, -0.2) is 17.5 Å². The third kappa shape index (κ3) is 3.44. The molecule has 0 aliphatic carbocycles. The van der Waals surface area contributed by atoms with Crippen LogP contribution in [0.25, 0.3) is 0 Å². The van der Waals surface area contributed by atoms with Gasteiger partial charge in [-0.2, -0.15) is 5.10 Å². The van der Waals surface area contributed by atoms with Crippen molar-refractivity contribution in [3.63, 3.8) is 0 Å². The number of benzene rings is 1. The Morgan fingerprint density at radius 1 is 1.42 bits per heavy atom. The summed E-state index contributed by atoms with van der Waals surface area (Å²) in [6, 6.07) is 5.06. The van der Waals surface area contributed by atoms with Gasteiger partial charge in [0, 0.05) is 11.1 Å². The summed E-state index contributed by atoms with van der Waals surface area (Å²) in [6.45, 7) is 1.73.